The highest BCUT2D eigenvalue weighted by Gasteiger charge is 2.28. The van der Waals surface area contributed by atoms with Crippen LogP contribution in [0.25, 0.3) is 0 Å². The maximum atomic E-state index is 13.7. The Morgan fingerprint density at radius 2 is 1.32 bits per heavy atom. The molecular formula is C27H23N3O3S. The molecule has 0 aliphatic carbocycles. The maximum absolute atomic E-state index is 13.7. The second-order valence-electron chi connectivity index (χ2n) is 7.44. The topological polar surface area (TPSA) is 78.8 Å². The molecule has 4 aromatic rings. The van der Waals surface area contributed by atoms with Crippen molar-refractivity contribution in [3.8, 4) is 0 Å². The summed E-state index contributed by atoms with van der Waals surface area (Å²) in [5.74, 6) is -0.510. The molecule has 7 heteroatoms. The summed E-state index contributed by atoms with van der Waals surface area (Å²) in [5, 5.41) is 4.03. The number of nitrogens with zero attached hydrogens (tertiary/aromatic N) is 2. The zero-order valence-electron chi connectivity index (χ0n) is 18.3. The fraction of sp³-hybridized carbons (Fsp3) is 0.0370. The van der Waals surface area contributed by atoms with E-state index in [-0.39, 0.29) is 22.7 Å². The number of sulfonamides is 1. The van der Waals surface area contributed by atoms with Gasteiger partial charge in [-0.15, -0.1) is 0 Å². The van der Waals surface area contributed by atoms with Crippen LogP contribution in [0.3, 0.4) is 0 Å². The van der Waals surface area contributed by atoms with Gasteiger partial charge in [0.05, 0.1) is 28.9 Å². The zero-order valence-corrected chi connectivity index (χ0v) is 19.1. The molecule has 0 aliphatic rings. The van der Waals surface area contributed by atoms with Crippen LogP contribution in [0.4, 0.5) is 5.69 Å². The molecular weight excluding hydrogens is 446 g/mol. The van der Waals surface area contributed by atoms with E-state index in [2.05, 4.69) is 10.5 Å². The molecule has 1 amide bonds. The van der Waals surface area contributed by atoms with E-state index in [1.165, 1.54) is 10.5 Å². The summed E-state index contributed by atoms with van der Waals surface area (Å²) >= 11 is 0. The number of para-hydroxylation sites is 1. The first-order valence-electron chi connectivity index (χ1n) is 10.6. The quantitative estimate of drug-likeness (QED) is 0.296. The second kappa shape index (κ2) is 10.6. The zero-order chi connectivity index (χ0) is 23.8. The molecule has 0 radical (unpaired) electrons. The molecule has 34 heavy (non-hydrogen) atoms. The first-order chi connectivity index (χ1) is 16.6. The van der Waals surface area contributed by atoms with Crippen molar-refractivity contribution in [2.45, 2.75) is 11.4 Å². The number of carbonyl (C=O) groups excluding carboxylic acids is 1. The molecule has 0 unspecified atom stereocenters. The molecule has 0 heterocycles. The van der Waals surface area contributed by atoms with Crippen molar-refractivity contribution < 1.29 is 13.2 Å². The number of nitrogens with one attached hydrogen (secondary N) is 1. The highest BCUT2D eigenvalue weighted by atomic mass is 32.2. The molecule has 4 aromatic carbocycles. The molecule has 0 spiro atoms. The van der Waals surface area contributed by atoms with Crippen LogP contribution in [-0.4, -0.2) is 20.5 Å². The van der Waals surface area contributed by atoms with Crippen molar-refractivity contribution in [3.63, 3.8) is 0 Å². The minimum atomic E-state index is -3.96. The van der Waals surface area contributed by atoms with Crippen molar-refractivity contribution in [2.75, 3.05) is 4.31 Å². The largest absolute Gasteiger partial charge is 0.273 e. The third-order valence-electron chi connectivity index (χ3n) is 5.10. The lowest BCUT2D eigenvalue weighted by atomic mass is 10.1. The van der Waals surface area contributed by atoms with E-state index < -0.39 is 15.9 Å². The van der Waals surface area contributed by atoms with Crippen LogP contribution in [0, 0.1) is 0 Å². The van der Waals surface area contributed by atoms with E-state index >= 15 is 0 Å². The minimum absolute atomic E-state index is 0.0651. The van der Waals surface area contributed by atoms with E-state index in [0.29, 0.717) is 0 Å². The highest BCUT2D eigenvalue weighted by molar-refractivity contribution is 7.92. The summed E-state index contributed by atoms with van der Waals surface area (Å²) in [6.07, 6.45) is 1.53. The van der Waals surface area contributed by atoms with Crippen molar-refractivity contribution in [3.05, 3.63) is 132 Å². The van der Waals surface area contributed by atoms with Crippen molar-refractivity contribution in [1.82, 2.24) is 5.43 Å². The normalized spacial score (nSPS) is 11.3. The number of amides is 1. The highest BCUT2D eigenvalue weighted by Crippen LogP contribution is 2.29. The number of hydrazone groups is 1. The summed E-state index contributed by atoms with van der Waals surface area (Å²) in [6.45, 7) is 0.0651. The lowest BCUT2D eigenvalue weighted by Crippen LogP contribution is -2.33. The van der Waals surface area contributed by atoms with Crippen LogP contribution < -0.4 is 9.73 Å². The van der Waals surface area contributed by atoms with Crippen molar-refractivity contribution >= 4 is 27.8 Å². The minimum Gasteiger partial charge on any atom is -0.267 e. The fourth-order valence-electron chi connectivity index (χ4n) is 3.42. The molecule has 0 atom stereocenters. The Morgan fingerprint density at radius 3 is 2.00 bits per heavy atom. The van der Waals surface area contributed by atoms with Gasteiger partial charge < -0.3 is 0 Å². The molecule has 0 saturated heterocycles. The lowest BCUT2D eigenvalue weighted by Gasteiger charge is -2.26. The molecule has 0 aliphatic heterocycles. The summed E-state index contributed by atoms with van der Waals surface area (Å²) in [5.41, 5.74) is 4.59. The molecule has 170 valence electrons. The van der Waals surface area contributed by atoms with Gasteiger partial charge in [-0.1, -0.05) is 91.0 Å². The van der Waals surface area contributed by atoms with Gasteiger partial charge in [0, 0.05) is 0 Å². The Labute approximate surface area is 199 Å². The third-order valence-corrected chi connectivity index (χ3v) is 6.87. The van der Waals surface area contributed by atoms with Gasteiger partial charge in [-0.2, -0.15) is 5.10 Å². The van der Waals surface area contributed by atoms with Crippen LogP contribution in [0.2, 0.25) is 0 Å². The molecule has 4 rings (SSSR count). The molecule has 0 bridgehead atoms. The van der Waals surface area contributed by atoms with Gasteiger partial charge >= 0.3 is 0 Å². The van der Waals surface area contributed by atoms with Gasteiger partial charge in [-0.05, 0) is 35.4 Å². The Hall–Kier alpha value is -4.23. The number of hydrogen-bond donors (Lipinski definition) is 1. The van der Waals surface area contributed by atoms with Gasteiger partial charge in [0.15, 0.2) is 0 Å². The predicted octanol–water partition coefficient (Wildman–Crippen LogP) is 4.85. The van der Waals surface area contributed by atoms with Crippen molar-refractivity contribution in [1.29, 1.82) is 0 Å². The maximum Gasteiger partial charge on any atom is 0.273 e. The van der Waals surface area contributed by atoms with E-state index in [1.807, 2.05) is 60.7 Å². The average molecular weight is 470 g/mol. The molecule has 0 saturated carbocycles. The Bertz CT molecular complexity index is 1370. The average Bonchev–Trinajstić information content (AvgIpc) is 2.89. The Kier molecular flexibility index (Phi) is 7.15. The first-order valence-corrected chi connectivity index (χ1v) is 12.1. The van der Waals surface area contributed by atoms with Gasteiger partial charge in [-0.25, -0.2) is 13.8 Å². The summed E-state index contributed by atoms with van der Waals surface area (Å²) in [4.78, 5) is 13.2. The molecule has 6 nitrogen and oxygen atoms in total. The number of carbonyl (C=O) groups is 1. The standard InChI is InChI=1S/C27H23N3O3S/c31-27(29-28-20-22-12-4-1-5-13-22)25-18-10-11-19-26(25)30(21-23-14-6-2-7-15-23)34(32,33)24-16-8-3-9-17-24/h1-20H,21H2,(H,29,31)/b28-20-. The second-order valence-corrected chi connectivity index (χ2v) is 9.30. The first kappa shape index (κ1) is 22.9. The Balaban J connectivity index is 1.71. The number of rotatable bonds is 8. The molecule has 0 aromatic heterocycles. The summed E-state index contributed by atoms with van der Waals surface area (Å²) in [7, 11) is -3.96. The monoisotopic (exact) mass is 469 g/mol. The van der Waals surface area contributed by atoms with Crippen LogP contribution >= 0.6 is 0 Å². The SMILES string of the molecule is O=C(N/N=C\c1ccccc1)c1ccccc1N(Cc1ccccc1)S(=O)(=O)c1ccccc1. The smallest absolute Gasteiger partial charge is 0.267 e. The number of anilines is 1. The number of benzene rings is 4. The summed E-state index contributed by atoms with van der Waals surface area (Å²) in [6, 6.07) is 33.4. The van der Waals surface area contributed by atoms with E-state index in [0.717, 1.165) is 11.1 Å². The number of hydrogen-bond acceptors (Lipinski definition) is 4. The van der Waals surface area contributed by atoms with Crippen LogP contribution in [0.15, 0.2) is 125 Å². The summed E-state index contributed by atoms with van der Waals surface area (Å²) < 4.78 is 28.6. The van der Waals surface area contributed by atoms with E-state index in [1.54, 1.807) is 54.6 Å². The lowest BCUT2D eigenvalue weighted by molar-refractivity contribution is 0.0956. The Morgan fingerprint density at radius 1 is 0.765 bits per heavy atom. The van der Waals surface area contributed by atoms with Crippen LogP contribution in [0.1, 0.15) is 21.5 Å². The fourth-order valence-corrected chi connectivity index (χ4v) is 4.91. The van der Waals surface area contributed by atoms with E-state index in [9.17, 15) is 13.2 Å². The molecule has 1 N–H and O–H groups in total. The van der Waals surface area contributed by atoms with Gasteiger partial charge in [0.1, 0.15) is 0 Å². The van der Waals surface area contributed by atoms with Gasteiger partial charge in [0.25, 0.3) is 15.9 Å². The van der Waals surface area contributed by atoms with Gasteiger partial charge in [-0.3, -0.25) is 9.10 Å². The predicted molar refractivity (Wildman–Crippen MR) is 134 cm³/mol. The van der Waals surface area contributed by atoms with Crippen LogP contribution in [-0.2, 0) is 16.6 Å². The van der Waals surface area contributed by atoms with Gasteiger partial charge in [0.2, 0.25) is 0 Å². The third kappa shape index (κ3) is 5.39. The van der Waals surface area contributed by atoms with Crippen molar-refractivity contribution in [2.24, 2.45) is 5.10 Å². The van der Waals surface area contributed by atoms with E-state index in [4.69, 9.17) is 0 Å². The van der Waals surface area contributed by atoms with Crippen LogP contribution in [0.5, 0.6) is 0 Å². The molecule has 0 fully saturated rings.